The zero-order valence-electron chi connectivity index (χ0n) is 29.3. The minimum absolute atomic E-state index is 0.0235. The Bertz CT molecular complexity index is 1510. The van der Waals surface area contributed by atoms with Gasteiger partial charge in [0, 0.05) is 55.4 Å². The van der Waals surface area contributed by atoms with Crippen LogP contribution < -0.4 is 10.1 Å². The smallest absolute Gasteiger partial charge is 0.458 e. The molecular formula is C38H48N2O9. The third kappa shape index (κ3) is 14.7. The maximum absolute atomic E-state index is 13.2. The molecular weight excluding hydrogens is 628 g/mol. The maximum atomic E-state index is 13.2. The molecule has 0 bridgehead atoms. The van der Waals surface area contributed by atoms with Crippen LogP contribution >= 0.6 is 0 Å². The number of benzene rings is 1. The van der Waals surface area contributed by atoms with Gasteiger partial charge in [0.2, 0.25) is 5.91 Å². The third-order valence-corrected chi connectivity index (χ3v) is 7.57. The highest BCUT2D eigenvalue weighted by Crippen LogP contribution is 2.23. The van der Waals surface area contributed by atoms with Gasteiger partial charge in [0.25, 0.3) is 5.69 Å². The number of allylic oxidation sites excluding steroid dienone is 6. The standard InChI is InChI=1S/C38H48N2O9/c1-8-9-15-30(47-37(44)48-31-22-20-29(21-23-31)40(45)46)16-11-12-17-32(41)35(38(5,6)7)39-34(42)18-13-10-14-26(2)25-28(4)33-24-19-27(3)36(43)49-33/h8-14,18-23,25,28,30,33,35H,15-17,24H2,1-7H3,(H,39,42)/b9-8-,12-11-,14-10-,18-13-,26-25+/t28-,30-,33-,35+/m0/s1. The predicted octanol–water partition coefficient (Wildman–Crippen LogP) is 7.84. The van der Waals surface area contributed by atoms with E-state index in [1.54, 1.807) is 31.2 Å². The van der Waals surface area contributed by atoms with Gasteiger partial charge in [0.05, 0.1) is 11.0 Å². The van der Waals surface area contributed by atoms with Crippen LogP contribution in [0.4, 0.5) is 10.5 Å². The van der Waals surface area contributed by atoms with Gasteiger partial charge in [-0.3, -0.25) is 19.7 Å². The molecule has 0 unspecified atom stereocenters. The van der Waals surface area contributed by atoms with E-state index in [4.69, 9.17) is 14.2 Å². The molecule has 1 aromatic rings. The Morgan fingerprint density at radius 3 is 2.35 bits per heavy atom. The Balaban J connectivity index is 1.91. The van der Waals surface area contributed by atoms with E-state index >= 15 is 0 Å². The quantitative estimate of drug-likeness (QED) is 0.0351. The molecule has 1 aliphatic rings. The molecule has 4 atom stereocenters. The normalized spacial score (nSPS) is 17.5. The highest BCUT2D eigenvalue weighted by atomic mass is 16.7. The Labute approximate surface area is 288 Å². The minimum atomic E-state index is -0.952. The van der Waals surface area contributed by atoms with Crippen molar-refractivity contribution < 1.29 is 38.3 Å². The molecule has 0 saturated heterocycles. The molecule has 1 aliphatic heterocycles. The lowest BCUT2D eigenvalue weighted by atomic mass is 9.83. The van der Waals surface area contributed by atoms with Gasteiger partial charge in [-0.05, 0) is 38.3 Å². The summed E-state index contributed by atoms with van der Waals surface area (Å²) in [7, 11) is 0. The van der Waals surface area contributed by atoms with Gasteiger partial charge < -0.3 is 19.5 Å². The summed E-state index contributed by atoms with van der Waals surface area (Å²) in [4.78, 5) is 60.4. The van der Waals surface area contributed by atoms with E-state index in [2.05, 4.69) is 5.32 Å². The van der Waals surface area contributed by atoms with E-state index in [0.717, 1.165) is 5.57 Å². The summed E-state index contributed by atoms with van der Waals surface area (Å²) in [6, 6.07) is 4.31. The van der Waals surface area contributed by atoms with Crippen molar-refractivity contribution in [3.8, 4) is 5.75 Å². The van der Waals surface area contributed by atoms with Crippen molar-refractivity contribution in [2.75, 3.05) is 0 Å². The van der Waals surface area contributed by atoms with Crippen LogP contribution in [-0.2, 0) is 23.9 Å². The SMILES string of the molecule is C/C=C\C[C@@H](C/C=C\CC(=O)[C@@H](NC(=O)\C=C/C=C\C(C)=C\[C@H](C)[C@@H]1CC=C(C)C(=O)O1)C(C)(C)C)OC(=O)Oc1ccc([N+](=O)[O-])cc1. The Kier molecular flexibility index (Phi) is 16.1. The second-order valence-electron chi connectivity index (χ2n) is 12.9. The molecule has 0 aliphatic carbocycles. The summed E-state index contributed by atoms with van der Waals surface area (Å²) in [5, 5.41) is 13.6. The summed E-state index contributed by atoms with van der Waals surface area (Å²) < 4.78 is 16.1. The fourth-order valence-corrected chi connectivity index (χ4v) is 4.81. The van der Waals surface area contributed by atoms with Crippen molar-refractivity contribution >= 4 is 29.5 Å². The molecule has 0 aromatic heterocycles. The Morgan fingerprint density at radius 1 is 1.08 bits per heavy atom. The number of ketones is 1. The molecule has 0 radical (unpaired) electrons. The van der Waals surface area contributed by atoms with Crippen LogP contribution in [0.15, 0.2) is 96.2 Å². The van der Waals surface area contributed by atoms with E-state index in [-0.39, 0.29) is 41.6 Å². The molecule has 0 fully saturated rings. The van der Waals surface area contributed by atoms with Crippen molar-refractivity contribution in [1.82, 2.24) is 5.32 Å². The highest BCUT2D eigenvalue weighted by Gasteiger charge is 2.31. The lowest BCUT2D eigenvalue weighted by Gasteiger charge is -2.29. The van der Waals surface area contributed by atoms with Gasteiger partial charge in [0.1, 0.15) is 18.0 Å². The van der Waals surface area contributed by atoms with Crippen LogP contribution in [0.1, 0.15) is 74.1 Å². The number of carbonyl (C=O) groups excluding carboxylic acids is 4. The van der Waals surface area contributed by atoms with Gasteiger partial charge in [-0.1, -0.05) is 88.0 Å². The monoisotopic (exact) mass is 676 g/mol. The number of ether oxygens (including phenoxy) is 3. The predicted molar refractivity (Wildman–Crippen MR) is 188 cm³/mol. The molecule has 0 spiro atoms. The number of non-ortho nitro benzene ring substituents is 1. The fourth-order valence-electron chi connectivity index (χ4n) is 4.81. The maximum Gasteiger partial charge on any atom is 0.514 e. The summed E-state index contributed by atoms with van der Waals surface area (Å²) in [6.07, 6.45) is 17.3. The van der Waals surface area contributed by atoms with Crippen molar-refractivity contribution in [2.24, 2.45) is 11.3 Å². The average Bonchev–Trinajstić information content (AvgIpc) is 3.03. The molecule has 11 heteroatoms. The number of nitro benzene ring substituents is 1. The second-order valence-corrected chi connectivity index (χ2v) is 12.9. The van der Waals surface area contributed by atoms with Crippen molar-refractivity contribution in [3.63, 3.8) is 0 Å². The van der Waals surface area contributed by atoms with E-state index in [9.17, 15) is 29.3 Å². The molecule has 2 rings (SSSR count). The lowest BCUT2D eigenvalue weighted by Crippen LogP contribution is -2.48. The van der Waals surface area contributed by atoms with Crippen molar-refractivity contribution in [1.29, 1.82) is 0 Å². The van der Waals surface area contributed by atoms with Crippen molar-refractivity contribution in [3.05, 3.63) is 106 Å². The van der Waals surface area contributed by atoms with Gasteiger partial charge in [-0.2, -0.15) is 0 Å². The number of nitro groups is 1. The van der Waals surface area contributed by atoms with E-state index < -0.39 is 34.5 Å². The first-order valence-electron chi connectivity index (χ1n) is 16.2. The summed E-state index contributed by atoms with van der Waals surface area (Å²) >= 11 is 0. The van der Waals surface area contributed by atoms with Gasteiger partial charge in [0.15, 0.2) is 5.78 Å². The summed E-state index contributed by atoms with van der Waals surface area (Å²) in [5.41, 5.74) is 0.900. The van der Waals surface area contributed by atoms with Gasteiger partial charge in [-0.25, -0.2) is 9.59 Å². The number of rotatable bonds is 16. The van der Waals surface area contributed by atoms with Crippen molar-refractivity contribution in [2.45, 2.75) is 92.4 Å². The molecule has 0 saturated carbocycles. The van der Waals surface area contributed by atoms with Crippen LogP contribution in [0.5, 0.6) is 5.75 Å². The summed E-state index contributed by atoms with van der Waals surface area (Å²) in [5.74, 6) is -0.734. The number of nitrogens with zero attached hydrogens (tertiary/aromatic N) is 1. The number of esters is 1. The number of carbonyl (C=O) groups is 4. The minimum Gasteiger partial charge on any atom is -0.458 e. The Hall–Kier alpha value is -5.06. The number of hydrogen-bond donors (Lipinski definition) is 1. The van der Waals surface area contributed by atoms with Crippen LogP contribution in [0.2, 0.25) is 0 Å². The molecule has 1 heterocycles. The number of hydrogen-bond acceptors (Lipinski definition) is 9. The van der Waals surface area contributed by atoms with Gasteiger partial charge in [-0.15, -0.1) is 0 Å². The zero-order valence-corrected chi connectivity index (χ0v) is 29.3. The molecule has 1 N–H and O–H groups in total. The summed E-state index contributed by atoms with van der Waals surface area (Å²) in [6.45, 7) is 13.1. The Morgan fingerprint density at radius 2 is 1.73 bits per heavy atom. The fraction of sp³-hybridized carbons (Fsp3) is 0.421. The first kappa shape index (κ1) is 40.1. The second kappa shape index (κ2) is 19.7. The average molecular weight is 677 g/mol. The number of cyclic esters (lactones) is 1. The zero-order chi connectivity index (χ0) is 36.6. The lowest BCUT2D eigenvalue weighted by molar-refractivity contribution is -0.384. The van der Waals surface area contributed by atoms with Crippen LogP contribution in [0.3, 0.4) is 0 Å². The first-order chi connectivity index (χ1) is 23.1. The van der Waals surface area contributed by atoms with Gasteiger partial charge >= 0.3 is 12.1 Å². The number of nitrogens with one attached hydrogen (secondary N) is 1. The van der Waals surface area contributed by atoms with E-state index in [1.165, 1.54) is 30.3 Å². The van der Waals surface area contributed by atoms with Crippen LogP contribution in [0, 0.1) is 21.4 Å². The molecule has 1 aromatic carbocycles. The molecule has 264 valence electrons. The molecule has 11 nitrogen and oxygen atoms in total. The first-order valence-corrected chi connectivity index (χ1v) is 16.2. The topological polar surface area (TPSA) is 151 Å². The van der Waals surface area contributed by atoms with E-state index in [0.29, 0.717) is 24.8 Å². The number of Topliss-reactive ketones (excluding diaryl/α,β-unsaturated/α-hetero) is 1. The molecule has 49 heavy (non-hydrogen) atoms. The third-order valence-electron chi connectivity index (χ3n) is 7.57. The molecule has 1 amide bonds. The number of amides is 1. The van der Waals surface area contributed by atoms with Crippen LogP contribution in [-0.4, -0.2) is 47.0 Å². The van der Waals surface area contributed by atoms with Crippen LogP contribution in [0.25, 0.3) is 0 Å². The van der Waals surface area contributed by atoms with E-state index in [1.807, 2.05) is 71.9 Å². The highest BCUT2D eigenvalue weighted by molar-refractivity contribution is 5.94. The largest absolute Gasteiger partial charge is 0.514 e.